The van der Waals surface area contributed by atoms with E-state index in [-0.39, 0.29) is 0 Å². The molecule has 0 N–H and O–H groups in total. The summed E-state index contributed by atoms with van der Waals surface area (Å²) in [5.41, 5.74) is 12.7. The number of furan rings is 2. The molecule has 0 saturated heterocycles. The van der Waals surface area contributed by atoms with Crippen LogP contribution >= 0.6 is 0 Å². The van der Waals surface area contributed by atoms with Crippen LogP contribution < -0.4 is 0 Å². The lowest BCUT2D eigenvalue weighted by molar-refractivity contribution is 0.668. The van der Waals surface area contributed by atoms with Gasteiger partial charge in [-0.25, -0.2) is 15.0 Å². The average molecular weight is 718 g/mol. The first-order valence-electron chi connectivity index (χ1n) is 18.7. The van der Waals surface area contributed by atoms with Crippen molar-refractivity contribution in [2.45, 2.75) is 0 Å². The molecule has 8 aromatic carbocycles. The number of hydrogen-bond acceptors (Lipinski definition) is 5. The van der Waals surface area contributed by atoms with Crippen molar-refractivity contribution < 1.29 is 8.83 Å². The van der Waals surface area contributed by atoms with Crippen molar-refractivity contribution in [2.75, 3.05) is 0 Å². The summed E-state index contributed by atoms with van der Waals surface area (Å²) in [7, 11) is 0. The molecule has 262 valence electrons. The molecule has 0 amide bonds. The Morgan fingerprint density at radius 1 is 0.268 bits per heavy atom. The highest BCUT2D eigenvalue weighted by Crippen LogP contribution is 2.43. The van der Waals surface area contributed by atoms with Gasteiger partial charge >= 0.3 is 0 Å². The topological polar surface area (TPSA) is 65.0 Å². The highest BCUT2D eigenvalue weighted by atomic mass is 16.3. The Kier molecular flexibility index (Phi) is 7.42. The van der Waals surface area contributed by atoms with Gasteiger partial charge in [-0.3, -0.25) is 0 Å². The van der Waals surface area contributed by atoms with Crippen LogP contribution in [0.1, 0.15) is 0 Å². The van der Waals surface area contributed by atoms with E-state index in [1.54, 1.807) is 0 Å². The third-order valence-electron chi connectivity index (χ3n) is 10.6. The van der Waals surface area contributed by atoms with Crippen LogP contribution in [-0.4, -0.2) is 15.0 Å². The molecule has 5 heteroatoms. The molecule has 0 aliphatic carbocycles. The largest absolute Gasteiger partial charge is 0.456 e. The van der Waals surface area contributed by atoms with E-state index in [0.717, 1.165) is 93.9 Å². The maximum Gasteiger partial charge on any atom is 0.164 e. The van der Waals surface area contributed by atoms with Crippen LogP contribution in [-0.2, 0) is 0 Å². The normalized spacial score (nSPS) is 11.6. The molecule has 11 aromatic rings. The Morgan fingerprint density at radius 3 is 1.21 bits per heavy atom. The minimum Gasteiger partial charge on any atom is -0.456 e. The molecule has 56 heavy (non-hydrogen) atoms. The lowest BCUT2D eigenvalue weighted by Gasteiger charge is -2.10. The van der Waals surface area contributed by atoms with Gasteiger partial charge in [0.25, 0.3) is 0 Å². The van der Waals surface area contributed by atoms with E-state index in [2.05, 4.69) is 146 Å². The van der Waals surface area contributed by atoms with Crippen molar-refractivity contribution >= 4 is 43.9 Å². The summed E-state index contributed by atoms with van der Waals surface area (Å²) < 4.78 is 12.9. The van der Waals surface area contributed by atoms with Crippen LogP contribution in [0.5, 0.6) is 0 Å². The Bertz CT molecular complexity index is 3120. The molecule has 3 heterocycles. The fraction of sp³-hybridized carbons (Fsp3) is 0. The zero-order valence-electron chi connectivity index (χ0n) is 30.1. The lowest BCUT2D eigenvalue weighted by atomic mass is 9.95. The van der Waals surface area contributed by atoms with E-state index in [9.17, 15) is 0 Å². The second-order valence-electron chi connectivity index (χ2n) is 14.0. The summed E-state index contributed by atoms with van der Waals surface area (Å²) in [4.78, 5) is 15.2. The number of rotatable bonds is 6. The van der Waals surface area contributed by atoms with Gasteiger partial charge in [0.05, 0.1) is 0 Å². The molecule has 0 atom stereocenters. The molecule has 0 radical (unpaired) electrons. The van der Waals surface area contributed by atoms with Gasteiger partial charge in [0.15, 0.2) is 17.5 Å². The maximum atomic E-state index is 6.60. The first-order valence-corrected chi connectivity index (χ1v) is 18.7. The predicted molar refractivity (Wildman–Crippen MR) is 227 cm³/mol. The van der Waals surface area contributed by atoms with Gasteiger partial charge in [0.1, 0.15) is 22.3 Å². The summed E-state index contributed by atoms with van der Waals surface area (Å²) in [5.74, 6) is 1.77. The van der Waals surface area contributed by atoms with Gasteiger partial charge in [0.2, 0.25) is 0 Å². The predicted octanol–water partition coefficient (Wildman–Crippen LogP) is 13.7. The summed E-state index contributed by atoms with van der Waals surface area (Å²) in [6.07, 6.45) is 0. The summed E-state index contributed by atoms with van der Waals surface area (Å²) >= 11 is 0. The third kappa shape index (κ3) is 5.45. The Balaban J connectivity index is 1.04. The SMILES string of the molecule is c1ccc(-c2ccc(-c3nc(-c4ccc(-c5ccccc5)cc4)nc(-c4ccc5c(c4)oc4cccc(-c6cccc7oc8ccccc8c67)c45)n3)cc2)cc1. The summed E-state index contributed by atoms with van der Waals surface area (Å²) in [6.45, 7) is 0. The van der Waals surface area contributed by atoms with Crippen molar-refractivity contribution in [1.29, 1.82) is 0 Å². The molecule has 0 unspecified atom stereocenters. The van der Waals surface area contributed by atoms with Gasteiger partial charge in [0, 0.05) is 38.2 Å². The minimum atomic E-state index is 0.571. The monoisotopic (exact) mass is 717 g/mol. The fourth-order valence-electron chi connectivity index (χ4n) is 7.84. The second kappa shape index (κ2) is 13.0. The average Bonchev–Trinajstić information content (AvgIpc) is 3.85. The van der Waals surface area contributed by atoms with Crippen LogP contribution in [0.2, 0.25) is 0 Å². The lowest BCUT2D eigenvalue weighted by Crippen LogP contribution is -2.00. The van der Waals surface area contributed by atoms with Gasteiger partial charge in [-0.05, 0) is 63.7 Å². The van der Waals surface area contributed by atoms with Gasteiger partial charge in [-0.15, -0.1) is 0 Å². The Hall–Kier alpha value is -7.63. The molecular weight excluding hydrogens is 687 g/mol. The Morgan fingerprint density at radius 2 is 0.661 bits per heavy atom. The zero-order valence-corrected chi connectivity index (χ0v) is 30.1. The van der Waals surface area contributed by atoms with E-state index >= 15 is 0 Å². The summed E-state index contributed by atoms with van der Waals surface area (Å²) in [6, 6.07) is 64.5. The van der Waals surface area contributed by atoms with Crippen molar-refractivity contribution in [1.82, 2.24) is 15.0 Å². The van der Waals surface area contributed by atoms with Gasteiger partial charge < -0.3 is 8.83 Å². The zero-order chi connectivity index (χ0) is 37.0. The Labute approximate surface area is 322 Å². The van der Waals surface area contributed by atoms with E-state index in [1.807, 2.05) is 42.5 Å². The molecule has 0 aliphatic heterocycles. The smallest absolute Gasteiger partial charge is 0.164 e. The van der Waals surface area contributed by atoms with E-state index in [1.165, 1.54) is 0 Å². The molecule has 0 spiro atoms. The van der Waals surface area contributed by atoms with Crippen molar-refractivity contribution in [2.24, 2.45) is 0 Å². The van der Waals surface area contributed by atoms with Crippen molar-refractivity contribution in [3.05, 3.63) is 188 Å². The maximum absolute atomic E-state index is 6.60. The summed E-state index contributed by atoms with van der Waals surface area (Å²) in [5, 5.41) is 4.27. The fourth-order valence-corrected chi connectivity index (χ4v) is 7.84. The molecule has 11 rings (SSSR count). The third-order valence-corrected chi connectivity index (χ3v) is 10.6. The first-order chi connectivity index (χ1) is 27.7. The highest BCUT2D eigenvalue weighted by molar-refractivity contribution is 6.19. The molecule has 0 bridgehead atoms. The standard InChI is InChI=1S/C51H31N3O2/c1-3-11-32(12-4-1)34-21-25-36(26-22-34)49-52-50(37-27-23-35(24-28-37)33-13-5-2-6-14-33)54-51(53-49)38-29-30-42-46(31-38)56-45-20-10-17-40(48(42)45)39-16-9-19-44-47(39)41-15-7-8-18-43(41)55-44/h1-31H. The van der Waals surface area contributed by atoms with Crippen molar-refractivity contribution in [3.63, 3.8) is 0 Å². The minimum absolute atomic E-state index is 0.571. The van der Waals surface area contributed by atoms with E-state index in [4.69, 9.17) is 23.8 Å². The molecular formula is C51H31N3O2. The number of aromatic nitrogens is 3. The van der Waals surface area contributed by atoms with Crippen LogP contribution in [0.3, 0.4) is 0 Å². The highest BCUT2D eigenvalue weighted by Gasteiger charge is 2.19. The van der Waals surface area contributed by atoms with E-state index in [0.29, 0.717) is 17.5 Å². The quantitative estimate of drug-likeness (QED) is 0.171. The molecule has 3 aromatic heterocycles. The molecule has 0 aliphatic rings. The molecule has 5 nitrogen and oxygen atoms in total. The first kappa shape index (κ1) is 31.9. The second-order valence-corrected chi connectivity index (χ2v) is 14.0. The number of nitrogens with zero attached hydrogens (tertiary/aromatic N) is 3. The number of benzene rings is 8. The molecule has 0 fully saturated rings. The van der Waals surface area contributed by atoms with Crippen LogP contribution in [0.4, 0.5) is 0 Å². The van der Waals surface area contributed by atoms with E-state index < -0.39 is 0 Å². The van der Waals surface area contributed by atoms with Crippen molar-refractivity contribution in [3.8, 4) is 67.5 Å². The molecule has 0 saturated carbocycles. The van der Waals surface area contributed by atoms with Crippen LogP contribution in [0, 0.1) is 0 Å². The number of para-hydroxylation sites is 1. The van der Waals surface area contributed by atoms with Gasteiger partial charge in [-0.1, -0.05) is 158 Å². The van der Waals surface area contributed by atoms with Crippen LogP contribution in [0.25, 0.3) is 111 Å². The number of hydrogen-bond donors (Lipinski definition) is 0. The number of fused-ring (bicyclic) bond motifs is 6. The van der Waals surface area contributed by atoms with Gasteiger partial charge in [-0.2, -0.15) is 0 Å². The van der Waals surface area contributed by atoms with Crippen LogP contribution in [0.15, 0.2) is 197 Å².